The van der Waals surface area contributed by atoms with Gasteiger partial charge >= 0.3 is 0 Å². The van der Waals surface area contributed by atoms with Crippen molar-refractivity contribution in [3.05, 3.63) is 0 Å². The van der Waals surface area contributed by atoms with Crippen molar-refractivity contribution in [2.24, 2.45) is 5.92 Å². The molecule has 2 heterocycles. The van der Waals surface area contributed by atoms with E-state index in [1.807, 2.05) is 0 Å². The van der Waals surface area contributed by atoms with Gasteiger partial charge in [0.05, 0.1) is 6.61 Å². The average molecular weight is 155 g/mol. The van der Waals surface area contributed by atoms with Crippen molar-refractivity contribution in [1.29, 1.82) is 0 Å². The molecule has 2 fully saturated rings. The van der Waals surface area contributed by atoms with Crippen LogP contribution in [0.25, 0.3) is 0 Å². The van der Waals surface area contributed by atoms with E-state index in [2.05, 4.69) is 5.32 Å². The molecule has 2 rings (SSSR count). The van der Waals surface area contributed by atoms with Gasteiger partial charge in [-0.15, -0.1) is 0 Å². The van der Waals surface area contributed by atoms with Crippen LogP contribution >= 0.6 is 0 Å². The first-order valence-corrected chi connectivity index (χ1v) is 4.23. The molecule has 0 radical (unpaired) electrons. The molecule has 2 unspecified atom stereocenters. The molecule has 1 amide bonds. The monoisotopic (exact) mass is 155 g/mol. The highest BCUT2D eigenvalue weighted by atomic mass is 16.5. The second kappa shape index (κ2) is 2.81. The van der Waals surface area contributed by atoms with E-state index in [9.17, 15) is 4.79 Å². The molecule has 0 aromatic carbocycles. The molecule has 2 atom stereocenters. The first-order valence-electron chi connectivity index (χ1n) is 4.23. The summed E-state index contributed by atoms with van der Waals surface area (Å²) in [5, 5.41) is 3.00. The minimum absolute atomic E-state index is 0.216. The van der Waals surface area contributed by atoms with Gasteiger partial charge in [0.25, 0.3) is 0 Å². The number of fused-ring (bicyclic) bond motifs is 1. The van der Waals surface area contributed by atoms with Crippen LogP contribution in [-0.4, -0.2) is 25.2 Å². The lowest BCUT2D eigenvalue weighted by Crippen LogP contribution is -2.49. The molecule has 3 nitrogen and oxygen atoms in total. The standard InChI is InChI=1S/C8H13NO2/c10-8-2-1-6-5-11-4-3-7(6)9-8/h6-7H,1-5H2,(H,9,10). The van der Waals surface area contributed by atoms with Crippen LogP contribution in [0.1, 0.15) is 19.3 Å². The molecule has 2 aliphatic heterocycles. The fourth-order valence-electron chi connectivity index (χ4n) is 1.87. The predicted molar refractivity (Wildman–Crippen MR) is 40.1 cm³/mol. The SMILES string of the molecule is O=C1CCC2COCCC2N1. The third kappa shape index (κ3) is 1.38. The van der Waals surface area contributed by atoms with Gasteiger partial charge in [-0.25, -0.2) is 0 Å². The lowest BCUT2D eigenvalue weighted by Gasteiger charge is -2.35. The van der Waals surface area contributed by atoms with Crippen molar-refractivity contribution in [3.63, 3.8) is 0 Å². The van der Waals surface area contributed by atoms with E-state index in [1.165, 1.54) is 0 Å². The highest BCUT2D eigenvalue weighted by Gasteiger charge is 2.30. The Kier molecular flexibility index (Phi) is 1.82. The minimum atomic E-state index is 0.216. The highest BCUT2D eigenvalue weighted by molar-refractivity contribution is 5.77. The third-order valence-corrected chi connectivity index (χ3v) is 2.56. The van der Waals surface area contributed by atoms with Crippen LogP contribution in [0.2, 0.25) is 0 Å². The van der Waals surface area contributed by atoms with E-state index >= 15 is 0 Å². The van der Waals surface area contributed by atoms with Crippen LogP contribution < -0.4 is 5.32 Å². The van der Waals surface area contributed by atoms with Gasteiger partial charge in [0.1, 0.15) is 0 Å². The van der Waals surface area contributed by atoms with Gasteiger partial charge in [-0.1, -0.05) is 0 Å². The number of nitrogens with one attached hydrogen (secondary N) is 1. The summed E-state index contributed by atoms with van der Waals surface area (Å²) in [7, 11) is 0. The molecule has 1 N–H and O–H groups in total. The zero-order valence-electron chi connectivity index (χ0n) is 6.51. The largest absolute Gasteiger partial charge is 0.381 e. The zero-order chi connectivity index (χ0) is 7.68. The molecule has 2 aliphatic rings. The van der Waals surface area contributed by atoms with Crippen LogP contribution in [-0.2, 0) is 9.53 Å². The summed E-state index contributed by atoms with van der Waals surface area (Å²) >= 11 is 0. The van der Waals surface area contributed by atoms with Crippen LogP contribution in [0.15, 0.2) is 0 Å². The van der Waals surface area contributed by atoms with E-state index in [0.717, 1.165) is 26.1 Å². The average Bonchev–Trinajstić information content (AvgIpc) is 2.04. The van der Waals surface area contributed by atoms with E-state index in [4.69, 9.17) is 4.74 Å². The fourth-order valence-corrected chi connectivity index (χ4v) is 1.87. The maximum Gasteiger partial charge on any atom is 0.220 e. The lowest BCUT2D eigenvalue weighted by molar-refractivity contribution is -0.126. The maximum absolute atomic E-state index is 11.0. The summed E-state index contributed by atoms with van der Waals surface area (Å²) in [6.07, 6.45) is 2.69. The topological polar surface area (TPSA) is 38.3 Å². The van der Waals surface area contributed by atoms with Gasteiger partial charge in [-0.2, -0.15) is 0 Å². The maximum atomic E-state index is 11.0. The Labute approximate surface area is 66.1 Å². The quantitative estimate of drug-likeness (QED) is 0.546. The molecule has 0 saturated carbocycles. The number of carbonyl (C=O) groups is 1. The Morgan fingerprint density at radius 2 is 2.36 bits per heavy atom. The first kappa shape index (κ1) is 7.10. The number of hydrogen-bond donors (Lipinski definition) is 1. The van der Waals surface area contributed by atoms with Gasteiger partial charge in [-0.3, -0.25) is 4.79 Å². The lowest BCUT2D eigenvalue weighted by atomic mass is 9.88. The Bertz CT molecular complexity index is 169. The molecular formula is C8H13NO2. The van der Waals surface area contributed by atoms with Crippen LogP contribution in [0.5, 0.6) is 0 Å². The molecule has 3 heteroatoms. The summed E-state index contributed by atoms with van der Waals surface area (Å²) in [5.41, 5.74) is 0. The highest BCUT2D eigenvalue weighted by Crippen LogP contribution is 2.23. The zero-order valence-corrected chi connectivity index (χ0v) is 6.51. The molecule has 0 aromatic rings. The number of ether oxygens (including phenoxy) is 1. The summed E-state index contributed by atoms with van der Waals surface area (Å²) in [6, 6.07) is 0.407. The molecule has 0 aromatic heterocycles. The number of amides is 1. The summed E-state index contributed by atoms with van der Waals surface area (Å²) in [4.78, 5) is 11.0. The predicted octanol–water partition coefficient (Wildman–Crippen LogP) is 0.301. The van der Waals surface area contributed by atoms with E-state index < -0.39 is 0 Å². The Morgan fingerprint density at radius 1 is 1.45 bits per heavy atom. The molecule has 0 spiro atoms. The fraction of sp³-hybridized carbons (Fsp3) is 0.875. The van der Waals surface area contributed by atoms with Crippen LogP contribution in [0.3, 0.4) is 0 Å². The number of piperidine rings is 1. The van der Waals surface area contributed by atoms with E-state index in [-0.39, 0.29) is 5.91 Å². The molecule has 2 saturated heterocycles. The number of carbonyl (C=O) groups excluding carboxylic acids is 1. The number of hydrogen-bond acceptors (Lipinski definition) is 2. The summed E-state index contributed by atoms with van der Waals surface area (Å²) in [5.74, 6) is 0.801. The second-order valence-corrected chi connectivity index (χ2v) is 3.34. The van der Waals surface area contributed by atoms with Crippen molar-refractivity contribution in [3.8, 4) is 0 Å². The molecule has 62 valence electrons. The number of rotatable bonds is 0. The van der Waals surface area contributed by atoms with Crippen molar-refractivity contribution in [2.45, 2.75) is 25.3 Å². The molecule has 0 bridgehead atoms. The van der Waals surface area contributed by atoms with E-state index in [1.54, 1.807) is 0 Å². The smallest absolute Gasteiger partial charge is 0.220 e. The van der Waals surface area contributed by atoms with Crippen molar-refractivity contribution in [2.75, 3.05) is 13.2 Å². The summed E-state index contributed by atoms with van der Waals surface area (Å²) < 4.78 is 5.32. The van der Waals surface area contributed by atoms with Crippen molar-refractivity contribution >= 4 is 5.91 Å². The normalized spacial score (nSPS) is 37.6. The molecular weight excluding hydrogens is 142 g/mol. The van der Waals surface area contributed by atoms with Crippen LogP contribution in [0, 0.1) is 5.92 Å². The second-order valence-electron chi connectivity index (χ2n) is 3.34. The third-order valence-electron chi connectivity index (χ3n) is 2.56. The van der Waals surface area contributed by atoms with Gasteiger partial charge in [0.15, 0.2) is 0 Å². The Balaban J connectivity index is 1.98. The Hall–Kier alpha value is -0.570. The molecule has 0 aliphatic carbocycles. The first-order chi connectivity index (χ1) is 5.36. The van der Waals surface area contributed by atoms with Gasteiger partial charge < -0.3 is 10.1 Å². The van der Waals surface area contributed by atoms with Crippen molar-refractivity contribution < 1.29 is 9.53 Å². The molecule has 11 heavy (non-hydrogen) atoms. The van der Waals surface area contributed by atoms with Gasteiger partial charge in [0.2, 0.25) is 5.91 Å². The Morgan fingerprint density at radius 3 is 3.27 bits per heavy atom. The van der Waals surface area contributed by atoms with Gasteiger partial charge in [-0.05, 0) is 12.8 Å². The van der Waals surface area contributed by atoms with Gasteiger partial charge in [0, 0.05) is 25.0 Å². The van der Waals surface area contributed by atoms with E-state index in [0.29, 0.717) is 18.4 Å². The van der Waals surface area contributed by atoms with Crippen molar-refractivity contribution in [1.82, 2.24) is 5.32 Å². The van der Waals surface area contributed by atoms with Crippen LogP contribution in [0.4, 0.5) is 0 Å². The summed E-state index contributed by atoms with van der Waals surface area (Å²) in [6.45, 7) is 1.65. The minimum Gasteiger partial charge on any atom is -0.381 e.